The van der Waals surface area contributed by atoms with Crippen LogP contribution in [-0.2, 0) is 0 Å². The Labute approximate surface area is 253 Å². The van der Waals surface area contributed by atoms with Crippen molar-refractivity contribution in [2.45, 2.75) is 19.3 Å². The molecule has 0 bridgehead atoms. The molecule has 6 aromatic carbocycles. The zero-order valence-electron chi connectivity index (χ0n) is 24.3. The van der Waals surface area contributed by atoms with Crippen molar-refractivity contribution in [3.05, 3.63) is 163 Å². The van der Waals surface area contributed by atoms with Crippen molar-refractivity contribution in [2.24, 2.45) is 0 Å². The summed E-state index contributed by atoms with van der Waals surface area (Å²) in [6.45, 7) is 6.50. The van der Waals surface area contributed by atoms with Crippen molar-refractivity contribution in [3.63, 3.8) is 0 Å². The lowest BCUT2D eigenvalue weighted by molar-refractivity contribution is 0.860. The van der Waals surface area contributed by atoms with Crippen molar-refractivity contribution in [1.82, 2.24) is 0 Å². The van der Waals surface area contributed by atoms with Crippen LogP contribution in [0.25, 0.3) is 60.1 Å². The van der Waals surface area contributed by atoms with Gasteiger partial charge in [0.05, 0.1) is 0 Å². The molecule has 0 aromatic heterocycles. The van der Waals surface area contributed by atoms with E-state index in [1.165, 1.54) is 66.4 Å². The summed E-state index contributed by atoms with van der Waals surface area (Å²) in [5, 5.41) is 15.1. The number of hydrogen-bond acceptors (Lipinski definition) is 1. The van der Waals surface area contributed by atoms with Crippen LogP contribution in [0.15, 0.2) is 152 Å². The third-order valence-electron chi connectivity index (χ3n) is 8.78. The van der Waals surface area contributed by atoms with Crippen LogP contribution in [0, 0.1) is 5.41 Å². The van der Waals surface area contributed by atoms with E-state index in [1.54, 1.807) is 6.08 Å². The van der Waals surface area contributed by atoms with Gasteiger partial charge < -0.3 is 5.41 Å². The highest BCUT2D eigenvalue weighted by molar-refractivity contribution is 6.20. The number of nitrogens with one attached hydrogen (secondary N) is 1. The first kappa shape index (κ1) is 26.6. The van der Waals surface area contributed by atoms with Crippen molar-refractivity contribution in [2.75, 3.05) is 0 Å². The van der Waals surface area contributed by atoms with Gasteiger partial charge in [-0.05, 0) is 90.7 Å². The Hall–Kier alpha value is -5.27. The molecular formula is C42H33N. The SMILES string of the molecule is C=C(/C=C\C=N)c1ccccc1-c1ccc(-c2c3ccccc3c(C3C=CC(C)=CC3)c3ccccc23)c2ccccc12. The van der Waals surface area contributed by atoms with Gasteiger partial charge in [0.25, 0.3) is 0 Å². The largest absolute Gasteiger partial charge is 0.309 e. The van der Waals surface area contributed by atoms with E-state index in [4.69, 9.17) is 5.41 Å². The van der Waals surface area contributed by atoms with E-state index in [1.807, 2.05) is 6.08 Å². The van der Waals surface area contributed by atoms with Gasteiger partial charge in [-0.2, -0.15) is 0 Å². The maximum Gasteiger partial charge on any atom is 0.0177 e. The Morgan fingerprint density at radius 3 is 1.86 bits per heavy atom. The van der Waals surface area contributed by atoms with E-state index in [2.05, 4.69) is 141 Å². The summed E-state index contributed by atoms with van der Waals surface area (Å²) >= 11 is 0. The second-order valence-electron chi connectivity index (χ2n) is 11.3. The van der Waals surface area contributed by atoms with Crippen molar-refractivity contribution >= 4 is 44.1 Å². The van der Waals surface area contributed by atoms with Crippen LogP contribution < -0.4 is 0 Å². The molecule has 1 unspecified atom stereocenters. The minimum absolute atomic E-state index is 0.345. The van der Waals surface area contributed by atoms with Crippen LogP contribution in [-0.4, -0.2) is 6.21 Å². The number of rotatable bonds is 6. The van der Waals surface area contributed by atoms with Gasteiger partial charge in [-0.3, -0.25) is 0 Å². The smallest absolute Gasteiger partial charge is 0.0177 e. The molecule has 206 valence electrons. The molecule has 0 radical (unpaired) electrons. The normalized spacial score (nSPS) is 14.9. The van der Waals surface area contributed by atoms with Gasteiger partial charge in [-0.15, -0.1) is 0 Å². The minimum Gasteiger partial charge on any atom is -0.309 e. The molecule has 1 aliphatic rings. The standard InChI is InChI=1S/C42H33N/c1-28-21-23-30(24-22-28)41-36-17-7-9-19-38(36)42(39-20-10-8-18-37(39)41)40-26-25-35(33-15-5-6-16-34(33)40)32-14-4-3-13-31(32)29(2)12-11-27-43/h3-23,25-27,30,43H,2,24H2,1H3/b12-11-,43-27?. The topological polar surface area (TPSA) is 23.9 Å². The van der Waals surface area contributed by atoms with Gasteiger partial charge in [-0.25, -0.2) is 0 Å². The van der Waals surface area contributed by atoms with E-state index in [0.717, 1.165) is 23.1 Å². The number of allylic oxidation sites excluding steroid dienone is 7. The molecule has 0 saturated heterocycles. The average molecular weight is 552 g/mol. The molecule has 1 atom stereocenters. The first-order valence-corrected chi connectivity index (χ1v) is 14.9. The predicted molar refractivity (Wildman–Crippen MR) is 187 cm³/mol. The third-order valence-corrected chi connectivity index (χ3v) is 8.78. The van der Waals surface area contributed by atoms with Crippen molar-refractivity contribution in [1.29, 1.82) is 5.41 Å². The molecule has 0 heterocycles. The summed E-state index contributed by atoms with van der Waals surface area (Å²) in [6, 6.07) is 39.7. The summed E-state index contributed by atoms with van der Waals surface area (Å²) in [7, 11) is 0. The lowest BCUT2D eigenvalue weighted by Crippen LogP contribution is -2.02. The third kappa shape index (κ3) is 4.64. The van der Waals surface area contributed by atoms with Crippen LogP contribution in [0.1, 0.15) is 30.4 Å². The molecule has 1 aliphatic carbocycles. The molecule has 1 heteroatoms. The summed E-state index contributed by atoms with van der Waals surface area (Å²) in [4.78, 5) is 0. The summed E-state index contributed by atoms with van der Waals surface area (Å²) in [6.07, 6.45) is 13.0. The lowest BCUT2D eigenvalue weighted by atomic mass is 9.80. The summed E-state index contributed by atoms with van der Waals surface area (Å²) in [5.41, 5.74) is 9.57. The number of fused-ring (bicyclic) bond motifs is 3. The second-order valence-corrected chi connectivity index (χ2v) is 11.3. The zero-order valence-corrected chi connectivity index (χ0v) is 24.3. The van der Waals surface area contributed by atoms with Crippen molar-refractivity contribution in [3.8, 4) is 22.3 Å². The van der Waals surface area contributed by atoms with Crippen LogP contribution in [0.4, 0.5) is 0 Å². The highest BCUT2D eigenvalue weighted by Gasteiger charge is 2.22. The fourth-order valence-corrected chi connectivity index (χ4v) is 6.80. The highest BCUT2D eigenvalue weighted by atomic mass is 14.3. The van der Waals surface area contributed by atoms with Crippen LogP contribution in [0.3, 0.4) is 0 Å². The molecule has 0 fully saturated rings. The maximum absolute atomic E-state index is 7.42. The van der Waals surface area contributed by atoms with Gasteiger partial charge in [0.2, 0.25) is 0 Å². The van der Waals surface area contributed by atoms with E-state index in [-0.39, 0.29) is 0 Å². The molecule has 6 aromatic rings. The Bertz CT molecular complexity index is 2100. The molecular weight excluding hydrogens is 518 g/mol. The predicted octanol–water partition coefficient (Wildman–Crippen LogP) is 11.7. The number of benzene rings is 6. The first-order chi connectivity index (χ1) is 21.2. The Morgan fingerprint density at radius 1 is 0.674 bits per heavy atom. The molecule has 0 amide bonds. The van der Waals surface area contributed by atoms with E-state index < -0.39 is 0 Å². The van der Waals surface area contributed by atoms with E-state index in [0.29, 0.717) is 5.92 Å². The van der Waals surface area contributed by atoms with Gasteiger partial charge >= 0.3 is 0 Å². The molecule has 1 N–H and O–H groups in total. The molecule has 43 heavy (non-hydrogen) atoms. The Kier molecular flexibility index (Phi) is 6.93. The second kappa shape index (κ2) is 11.2. The highest BCUT2D eigenvalue weighted by Crippen LogP contribution is 2.46. The Balaban J connectivity index is 1.51. The number of hydrogen-bond donors (Lipinski definition) is 1. The van der Waals surface area contributed by atoms with E-state index in [9.17, 15) is 0 Å². The molecule has 1 nitrogen and oxygen atoms in total. The molecule has 0 saturated carbocycles. The first-order valence-electron chi connectivity index (χ1n) is 14.9. The van der Waals surface area contributed by atoms with E-state index >= 15 is 0 Å². The fraction of sp³-hybridized carbons (Fsp3) is 0.0714. The van der Waals surface area contributed by atoms with Gasteiger partial charge in [-0.1, -0.05) is 146 Å². The lowest BCUT2D eigenvalue weighted by Gasteiger charge is -2.24. The Morgan fingerprint density at radius 2 is 1.23 bits per heavy atom. The van der Waals surface area contributed by atoms with Crippen molar-refractivity contribution < 1.29 is 0 Å². The fourth-order valence-electron chi connectivity index (χ4n) is 6.80. The summed E-state index contributed by atoms with van der Waals surface area (Å²) < 4.78 is 0. The molecule has 7 rings (SSSR count). The zero-order chi connectivity index (χ0) is 29.3. The quantitative estimate of drug-likeness (QED) is 0.121. The molecule has 0 spiro atoms. The van der Waals surface area contributed by atoms with Gasteiger partial charge in [0.15, 0.2) is 0 Å². The monoisotopic (exact) mass is 551 g/mol. The van der Waals surface area contributed by atoms with Crippen LogP contribution in [0.2, 0.25) is 0 Å². The molecule has 0 aliphatic heterocycles. The summed E-state index contributed by atoms with van der Waals surface area (Å²) in [5.74, 6) is 0.345. The van der Waals surface area contributed by atoms with Gasteiger partial charge in [0, 0.05) is 12.1 Å². The van der Waals surface area contributed by atoms with Gasteiger partial charge in [0.1, 0.15) is 0 Å². The minimum atomic E-state index is 0.345. The van der Waals surface area contributed by atoms with Crippen LogP contribution >= 0.6 is 0 Å². The maximum atomic E-state index is 7.42. The van der Waals surface area contributed by atoms with Crippen LogP contribution in [0.5, 0.6) is 0 Å². The average Bonchev–Trinajstić information content (AvgIpc) is 3.06.